The van der Waals surface area contributed by atoms with E-state index in [1.54, 1.807) is 30.0 Å². The number of carbonyl (C=O) groups is 1. The van der Waals surface area contributed by atoms with Gasteiger partial charge in [0.2, 0.25) is 5.43 Å². The van der Waals surface area contributed by atoms with Gasteiger partial charge in [0.1, 0.15) is 11.5 Å². The van der Waals surface area contributed by atoms with E-state index >= 15 is 0 Å². The van der Waals surface area contributed by atoms with E-state index in [1.807, 2.05) is 6.92 Å². The number of amides is 1. The second-order valence-electron chi connectivity index (χ2n) is 5.78. The fourth-order valence-electron chi connectivity index (χ4n) is 2.73. The van der Waals surface area contributed by atoms with Gasteiger partial charge in [-0.3, -0.25) is 9.59 Å². The van der Waals surface area contributed by atoms with Crippen LogP contribution in [0.1, 0.15) is 23.1 Å². The van der Waals surface area contributed by atoms with Crippen molar-refractivity contribution in [2.75, 3.05) is 19.8 Å². The molecular formula is C17H18FN3O3. The van der Waals surface area contributed by atoms with E-state index in [4.69, 9.17) is 4.74 Å². The minimum atomic E-state index is -0.477. The molecule has 2 heterocycles. The molecular weight excluding hydrogens is 313 g/mol. The molecule has 0 bridgehead atoms. The summed E-state index contributed by atoms with van der Waals surface area (Å²) in [6.45, 7) is 4.73. The molecule has 3 rings (SSSR count). The van der Waals surface area contributed by atoms with Gasteiger partial charge in [-0.15, -0.1) is 0 Å². The molecule has 1 saturated heterocycles. The first-order valence-electron chi connectivity index (χ1n) is 7.73. The number of ether oxygens (including phenoxy) is 1. The smallest absolute Gasteiger partial charge is 0.278 e. The summed E-state index contributed by atoms with van der Waals surface area (Å²) in [6, 6.07) is 7.25. The maximum Gasteiger partial charge on any atom is 0.278 e. The molecule has 1 amide bonds. The summed E-state index contributed by atoms with van der Waals surface area (Å²) >= 11 is 0. The zero-order valence-electron chi connectivity index (χ0n) is 13.5. The average Bonchev–Trinajstić information content (AvgIpc) is 2.56. The van der Waals surface area contributed by atoms with Crippen LogP contribution in [0.5, 0.6) is 0 Å². The predicted molar refractivity (Wildman–Crippen MR) is 85.8 cm³/mol. The first-order chi connectivity index (χ1) is 11.5. The van der Waals surface area contributed by atoms with Crippen molar-refractivity contribution in [2.24, 2.45) is 0 Å². The molecule has 1 unspecified atom stereocenters. The van der Waals surface area contributed by atoms with Gasteiger partial charge in [-0.05, 0) is 26.0 Å². The SMILES string of the molecule is Cc1cc(=O)c(C(=O)N2CCOCC2C)nn1-c1ccccc1F. The molecule has 0 radical (unpaired) electrons. The highest BCUT2D eigenvalue weighted by Crippen LogP contribution is 2.14. The standard InChI is InChI=1S/C17H18FN3O3/c1-11-9-15(22)16(17(23)20-7-8-24-10-12(20)2)19-21(11)14-6-4-3-5-13(14)18/h3-6,9,12H,7-8,10H2,1-2H3. The molecule has 1 aliphatic rings. The van der Waals surface area contributed by atoms with Gasteiger partial charge in [-0.1, -0.05) is 12.1 Å². The number of aryl methyl sites for hydroxylation is 1. The minimum Gasteiger partial charge on any atom is -0.377 e. The molecule has 0 spiro atoms. The van der Waals surface area contributed by atoms with Gasteiger partial charge in [0.25, 0.3) is 5.91 Å². The Morgan fingerprint density at radius 3 is 2.83 bits per heavy atom. The fraction of sp³-hybridized carbons (Fsp3) is 0.353. The lowest BCUT2D eigenvalue weighted by molar-refractivity contribution is 0.00309. The Kier molecular flexibility index (Phi) is 4.44. The third kappa shape index (κ3) is 2.94. The summed E-state index contributed by atoms with van der Waals surface area (Å²) in [5.41, 5.74) is -0.0304. The van der Waals surface area contributed by atoms with Crippen molar-refractivity contribution in [1.29, 1.82) is 0 Å². The molecule has 1 fully saturated rings. The summed E-state index contributed by atoms with van der Waals surface area (Å²) in [5.74, 6) is -0.934. The van der Waals surface area contributed by atoms with Crippen molar-refractivity contribution in [3.05, 3.63) is 57.8 Å². The molecule has 0 saturated carbocycles. The maximum absolute atomic E-state index is 14.1. The Bertz CT molecular complexity index is 834. The van der Waals surface area contributed by atoms with Gasteiger partial charge in [0.15, 0.2) is 5.69 Å². The Morgan fingerprint density at radius 1 is 1.38 bits per heavy atom. The van der Waals surface area contributed by atoms with Crippen LogP contribution >= 0.6 is 0 Å². The number of rotatable bonds is 2. The summed E-state index contributed by atoms with van der Waals surface area (Å²) < 4.78 is 20.7. The summed E-state index contributed by atoms with van der Waals surface area (Å²) in [6.07, 6.45) is 0. The first kappa shape index (κ1) is 16.3. The Labute approximate surface area is 138 Å². The predicted octanol–water partition coefficient (Wildman–Crippen LogP) is 1.54. The van der Waals surface area contributed by atoms with E-state index in [0.29, 0.717) is 25.5 Å². The quantitative estimate of drug-likeness (QED) is 0.837. The lowest BCUT2D eigenvalue weighted by Crippen LogP contribution is -2.48. The molecule has 1 aromatic heterocycles. The number of hydrogen-bond donors (Lipinski definition) is 0. The van der Waals surface area contributed by atoms with Crippen molar-refractivity contribution in [3.8, 4) is 5.69 Å². The van der Waals surface area contributed by atoms with Gasteiger partial charge in [0.05, 0.1) is 19.3 Å². The number of benzene rings is 1. The number of hydrogen-bond acceptors (Lipinski definition) is 4. The zero-order chi connectivity index (χ0) is 17.3. The molecule has 1 atom stereocenters. The Morgan fingerprint density at radius 2 is 2.12 bits per heavy atom. The van der Waals surface area contributed by atoms with Gasteiger partial charge < -0.3 is 9.64 Å². The molecule has 126 valence electrons. The zero-order valence-corrected chi connectivity index (χ0v) is 13.5. The third-order valence-corrected chi connectivity index (χ3v) is 4.02. The van der Waals surface area contributed by atoms with Gasteiger partial charge in [0, 0.05) is 18.3 Å². The van der Waals surface area contributed by atoms with Crippen LogP contribution < -0.4 is 5.43 Å². The third-order valence-electron chi connectivity index (χ3n) is 4.02. The number of para-hydroxylation sites is 1. The van der Waals surface area contributed by atoms with Gasteiger partial charge >= 0.3 is 0 Å². The summed E-state index contributed by atoms with van der Waals surface area (Å²) in [7, 11) is 0. The second kappa shape index (κ2) is 6.52. The highest BCUT2D eigenvalue weighted by atomic mass is 19.1. The maximum atomic E-state index is 14.1. The number of aromatic nitrogens is 2. The molecule has 2 aromatic rings. The lowest BCUT2D eigenvalue weighted by Gasteiger charge is -2.32. The van der Waals surface area contributed by atoms with E-state index in [-0.39, 0.29) is 17.4 Å². The van der Waals surface area contributed by atoms with Crippen molar-refractivity contribution in [1.82, 2.24) is 14.7 Å². The Balaban J connectivity index is 2.06. The van der Waals surface area contributed by atoms with Crippen molar-refractivity contribution >= 4 is 5.91 Å². The number of halogens is 1. The summed E-state index contributed by atoms with van der Waals surface area (Å²) in [4.78, 5) is 26.5. The van der Waals surface area contributed by atoms with Crippen LogP contribution in [0.15, 0.2) is 35.1 Å². The Hall–Kier alpha value is -2.54. The molecule has 0 aliphatic carbocycles. The fourth-order valence-corrected chi connectivity index (χ4v) is 2.73. The van der Waals surface area contributed by atoms with Crippen LogP contribution in [-0.2, 0) is 4.74 Å². The van der Waals surface area contributed by atoms with Crippen molar-refractivity contribution < 1.29 is 13.9 Å². The van der Waals surface area contributed by atoms with E-state index in [2.05, 4.69) is 5.10 Å². The highest BCUT2D eigenvalue weighted by Gasteiger charge is 2.28. The molecule has 24 heavy (non-hydrogen) atoms. The normalized spacial score (nSPS) is 17.8. The van der Waals surface area contributed by atoms with Crippen LogP contribution in [0, 0.1) is 12.7 Å². The van der Waals surface area contributed by atoms with Crippen LogP contribution in [-0.4, -0.2) is 46.4 Å². The highest BCUT2D eigenvalue weighted by molar-refractivity contribution is 5.92. The molecule has 1 aromatic carbocycles. The van der Waals surface area contributed by atoms with Crippen molar-refractivity contribution in [2.45, 2.75) is 19.9 Å². The van der Waals surface area contributed by atoms with Crippen LogP contribution in [0.3, 0.4) is 0 Å². The van der Waals surface area contributed by atoms with Crippen LogP contribution in [0.4, 0.5) is 4.39 Å². The largest absolute Gasteiger partial charge is 0.377 e. The van der Waals surface area contributed by atoms with Crippen molar-refractivity contribution in [3.63, 3.8) is 0 Å². The minimum absolute atomic E-state index is 0.143. The van der Waals surface area contributed by atoms with E-state index < -0.39 is 17.2 Å². The number of nitrogens with zero attached hydrogens (tertiary/aromatic N) is 3. The molecule has 6 nitrogen and oxygen atoms in total. The monoisotopic (exact) mass is 331 g/mol. The molecule has 1 aliphatic heterocycles. The van der Waals surface area contributed by atoms with Gasteiger partial charge in [-0.2, -0.15) is 5.10 Å². The number of morpholine rings is 1. The topological polar surface area (TPSA) is 64.4 Å². The lowest BCUT2D eigenvalue weighted by atomic mass is 10.2. The summed E-state index contributed by atoms with van der Waals surface area (Å²) in [5, 5.41) is 4.14. The number of carbonyl (C=O) groups excluding carboxylic acids is 1. The van der Waals surface area contributed by atoms with E-state index in [0.717, 1.165) is 0 Å². The van der Waals surface area contributed by atoms with Gasteiger partial charge in [-0.25, -0.2) is 9.07 Å². The van der Waals surface area contributed by atoms with Crippen LogP contribution in [0.25, 0.3) is 5.69 Å². The second-order valence-corrected chi connectivity index (χ2v) is 5.78. The van der Waals surface area contributed by atoms with Crippen LogP contribution in [0.2, 0.25) is 0 Å². The molecule has 0 N–H and O–H groups in total. The first-order valence-corrected chi connectivity index (χ1v) is 7.73. The average molecular weight is 331 g/mol. The van der Waals surface area contributed by atoms with E-state index in [1.165, 1.54) is 16.8 Å². The van der Waals surface area contributed by atoms with E-state index in [9.17, 15) is 14.0 Å². The molecule has 7 heteroatoms.